The second-order valence-corrected chi connectivity index (χ2v) is 8.97. The molecule has 4 aromatic rings. The first-order valence-corrected chi connectivity index (χ1v) is 12.9. The van der Waals surface area contributed by atoms with Crippen LogP contribution in [0.5, 0.6) is 11.5 Å². The highest BCUT2D eigenvalue weighted by atomic mass is 16.5. The summed E-state index contributed by atoms with van der Waals surface area (Å²) in [4.78, 5) is 39.2. The number of hydrogen-bond acceptors (Lipinski definition) is 8. The lowest BCUT2D eigenvalue weighted by Crippen LogP contribution is -2.18. The number of carbonyl (C=O) groups excluding carboxylic acids is 3. The third-order valence-electron chi connectivity index (χ3n) is 6.16. The largest absolute Gasteiger partial charge is 0.488 e. The van der Waals surface area contributed by atoms with Gasteiger partial charge in [-0.15, -0.1) is 0 Å². The van der Waals surface area contributed by atoms with Gasteiger partial charge in [0.05, 0.1) is 20.6 Å². The molecule has 0 fully saturated rings. The summed E-state index contributed by atoms with van der Waals surface area (Å²) in [5, 5.41) is 0. The van der Waals surface area contributed by atoms with Gasteiger partial charge in [0, 0.05) is 0 Å². The Kier molecular flexibility index (Phi) is 10.1. The second-order valence-electron chi connectivity index (χ2n) is 8.97. The molecule has 8 nitrogen and oxygen atoms in total. The molecule has 0 heterocycles. The first-order chi connectivity index (χ1) is 20.0. The van der Waals surface area contributed by atoms with Crippen LogP contribution in [0.1, 0.15) is 43.0 Å². The molecule has 0 aromatic heterocycles. The van der Waals surface area contributed by atoms with E-state index in [0.29, 0.717) is 0 Å². The Morgan fingerprint density at radius 2 is 1.10 bits per heavy atom. The van der Waals surface area contributed by atoms with E-state index in [0.717, 1.165) is 16.7 Å². The fraction of sp³-hybridized carbons (Fsp3) is 0.182. The van der Waals surface area contributed by atoms with Crippen molar-refractivity contribution in [2.24, 2.45) is 0 Å². The van der Waals surface area contributed by atoms with Gasteiger partial charge in [-0.05, 0) is 28.3 Å². The predicted molar refractivity (Wildman–Crippen MR) is 151 cm³/mol. The fourth-order valence-corrected chi connectivity index (χ4v) is 4.09. The Hall–Kier alpha value is -5.11. The molecule has 4 aromatic carbocycles. The molecule has 0 aliphatic carbocycles. The van der Waals surface area contributed by atoms with Crippen LogP contribution >= 0.6 is 0 Å². The number of ether oxygens (including phenoxy) is 5. The predicted octanol–water partition coefficient (Wildman–Crippen LogP) is 5.70. The summed E-state index contributed by atoms with van der Waals surface area (Å²) in [7, 11) is 2.45. The van der Waals surface area contributed by atoms with E-state index in [1.807, 2.05) is 91.0 Å². The maximum Gasteiger partial charge on any atom is 0.346 e. The molecule has 0 atom stereocenters. The molecule has 0 amide bonds. The van der Waals surface area contributed by atoms with Gasteiger partial charge in [-0.3, -0.25) is 4.79 Å². The molecule has 0 bridgehead atoms. The smallest absolute Gasteiger partial charge is 0.346 e. The Morgan fingerprint density at radius 1 is 0.585 bits per heavy atom. The number of hydrogen-bond donors (Lipinski definition) is 0. The summed E-state index contributed by atoms with van der Waals surface area (Å²) in [6, 6.07) is 29.2. The molecule has 0 aliphatic rings. The van der Waals surface area contributed by atoms with Gasteiger partial charge in [-0.2, -0.15) is 0 Å². The fourth-order valence-electron chi connectivity index (χ4n) is 4.09. The van der Waals surface area contributed by atoms with Gasteiger partial charge in [0.1, 0.15) is 36.7 Å². The standard InChI is InChI=1S/C33H30O8/c1-37-28(34)19-26-18-27(39-20-23-12-6-3-7-13-23)30(33(36)41-22-25-16-10-5-11-17-25)31(29(26)32(35)38-2)40-21-24-14-8-4-9-15-24/h3-18H,19-22H2,1-2H3. The van der Waals surface area contributed by atoms with Gasteiger partial charge in [0.25, 0.3) is 0 Å². The minimum atomic E-state index is -0.793. The first kappa shape index (κ1) is 28.9. The molecule has 0 radical (unpaired) electrons. The van der Waals surface area contributed by atoms with Crippen molar-refractivity contribution in [1.29, 1.82) is 0 Å². The molecule has 4 rings (SSSR count). The van der Waals surface area contributed by atoms with E-state index in [1.165, 1.54) is 20.3 Å². The van der Waals surface area contributed by atoms with Crippen molar-refractivity contribution in [3.63, 3.8) is 0 Å². The van der Waals surface area contributed by atoms with Crippen molar-refractivity contribution in [2.75, 3.05) is 14.2 Å². The van der Waals surface area contributed by atoms with E-state index in [4.69, 9.17) is 23.7 Å². The highest BCUT2D eigenvalue weighted by Gasteiger charge is 2.31. The zero-order chi connectivity index (χ0) is 29.0. The van der Waals surface area contributed by atoms with Gasteiger partial charge in [0.15, 0.2) is 5.75 Å². The van der Waals surface area contributed by atoms with Gasteiger partial charge >= 0.3 is 17.9 Å². The van der Waals surface area contributed by atoms with Crippen LogP contribution in [0.4, 0.5) is 0 Å². The average Bonchev–Trinajstić information content (AvgIpc) is 3.02. The summed E-state index contributed by atoms with van der Waals surface area (Å²) in [6.45, 7) is 0.101. The van der Waals surface area contributed by atoms with Gasteiger partial charge < -0.3 is 23.7 Å². The van der Waals surface area contributed by atoms with Crippen molar-refractivity contribution in [3.8, 4) is 11.5 Å². The molecule has 0 N–H and O–H groups in total. The second kappa shape index (κ2) is 14.3. The summed E-state index contributed by atoms with van der Waals surface area (Å²) >= 11 is 0. The number of methoxy groups -OCH3 is 2. The van der Waals surface area contributed by atoms with Crippen LogP contribution in [0.25, 0.3) is 0 Å². The average molecular weight is 555 g/mol. The Labute approximate surface area is 238 Å². The number of benzene rings is 4. The molecule has 8 heteroatoms. The summed E-state index contributed by atoms with van der Waals surface area (Å²) in [5.41, 5.74) is 2.44. The highest BCUT2D eigenvalue weighted by Crippen LogP contribution is 2.38. The van der Waals surface area contributed by atoms with E-state index < -0.39 is 17.9 Å². The third kappa shape index (κ3) is 7.73. The van der Waals surface area contributed by atoms with E-state index in [1.54, 1.807) is 0 Å². The van der Waals surface area contributed by atoms with Crippen LogP contribution in [-0.4, -0.2) is 32.1 Å². The Bertz CT molecular complexity index is 1470. The molecular weight excluding hydrogens is 524 g/mol. The molecule has 0 saturated carbocycles. The number of esters is 3. The van der Waals surface area contributed by atoms with Crippen LogP contribution in [-0.2, 0) is 45.2 Å². The monoisotopic (exact) mass is 554 g/mol. The maximum atomic E-state index is 13.7. The zero-order valence-electron chi connectivity index (χ0n) is 22.8. The van der Waals surface area contributed by atoms with E-state index in [-0.39, 0.29) is 54.4 Å². The van der Waals surface area contributed by atoms with Crippen LogP contribution in [0.2, 0.25) is 0 Å². The molecule has 0 spiro atoms. The SMILES string of the molecule is COC(=O)Cc1cc(OCc2ccccc2)c(C(=O)OCc2ccccc2)c(OCc2ccccc2)c1C(=O)OC. The Balaban J connectivity index is 1.84. The molecule has 41 heavy (non-hydrogen) atoms. The molecule has 0 unspecified atom stereocenters. The van der Waals surface area contributed by atoms with Crippen LogP contribution < -0.4 is 9.47 Å². The Morgan fingerprint density at radius 3 is 1.61 bits per heavy atom. The molecule has 0 saturated heterocycles. The summed E-state index contributed by atoms with van der Waals surface area (Å²) in [6.07, 6.45) is -0.288. The lowest BCUT2D eigenvalue weighted by Gasteiger charge is -2.21. The zero-order valence-corrected chi connectivity index (χ0v) is 22.8. The summed E-state index contributed by atoms with van der Waals surface area (Å²) in [5.74, 6) is -2.18. The van der Waals surface area contributed by atoms with E-state index >= 15 is 0 Å². The maximum absolute atomic E-state index is 13.7. The van der Waals surface area contributed by atoms with Crippen LogP contribution in [0, 0.1) is 0 Å². The van der Waals surface area contributed by atoms with Gasteiger partial charge in [-0.25, -0.2) is 9.59 Å². The minimum absolute atomic E-state index is 0.0175. The van der Waals surface area contributed by atoms with Crippen LogP contribution in [0.3, 0.4) is 0 Å². The van der Waals surface area contributed by atoms with Crippen molar-refractivity contribution in [2.45, 2.75) is 26.2 Å². The van der Waals surface area contributed by atoms with Crippen molar-refractivity contribution < 1.29 is 38.1 Å². The van der Waals surface area contributed by atoms with Gasteiger partial charge in [0.2, 0.25) is 0 Å². The topological polar surface area (TPSA) is 97.4 Å². The number of carbonyl (C=O) groups is 3. The lowest BCUT2D eigenvalue weighted by molar-refractivity contribution is -0.139. The quantitative estimate of drug-likeness (QED) is 0.162. The summed E-state index contributed by atoms with van der Waals surface area (Å²) < 4.78 is 27.9. The minimum Gasteiger partial charge on any atom is -0.488 e. The number of rotatable bonds is 12. The lowest BCUT2D eigenvalue weighted by atomic mass is 9.98. The van der Waals surface area contributed by atoms with E-state index in [9.17, 15) is 14.4 Å². The first-order valence-electron chi connectivity index (χ1n) is 12.9. The molecule has 210 valence electrons. The van der Waals surface area contributed by atoms with Crippen LogP contribution in [0.15, 0.2) is 97.1 Å². The third-order valence-corrected chi connectivity index (χ3v) is 6.16. The van der Waals surface area contributed by atoms with E-state index in [2.05, 4.69) is 0 Å². The van der Waals surface area contributed by atoms with Crippen molar-refractivity contribution >= 4 is 17.9 Å². The van der Waals surface area contributed by atoms with Crippen molar-refractivity contribution in [3.05, 3.63) is 130 Å². The highest BCUT2D eigenvalue weighted by molar-refractivity contribution is 6.04. The molecule has 0 aliphatic heterocycles. The normalized spacial score (nSPS) is 10.4. The van der Waals surface area contributed by atoms with Gasteiger partial charge in [-0.1, -0.05) is 91.0 Å². The molecular formula is C33H30O8. The van der Waals surface area contributed by atoms with Crippen molar-refractivity contribution in [1.82, 2.24) is 0 Å².